The molecule has 4 rings (SSSR count). The van der Waals surface area contributed by atoms with E-state index in [0.717, 1.165) is 36.1 Å². The Kier molecular flexibility index (Phi) is 4.80. The van der Waals surface area contributed by atoms with Gasteiger partial charge in [-0.3, -0.25) is 9.59 Å². The molecule has 2 saturated heterocycles. The standard InChI is InChI=1S/C19H21BrN4O2/c20-16-3-1-2-4-17(16)24-12-14(11-18(24)25)19(26)22-8-5-15(6-9-22)23-10-7-21-13-23/h1-4,7,10,13-15H,5-6,8-9,11-12H2/t14-/m0/s1. The molecule has 0 unspecified atom stereocenters. The molecule has 0 aliphatic carbocycles. The lowest BCUT2D eigenvalue weighted by Gasteiger charge is -2.34. The lowest BCUT2D eigenvalue weighted by atomic mass is 10.0. The average Bonchev–Trinajstić information content (AvgIpc) is 3.32. The Bertz CT molecular complexity index is 800. The lowest BCUT2D eigenvalue weighted by molar-refractivity contribution is -0.137. The molecule has 3 heterocycles. The molecule has 0 spiro atoms. The van der Waals surface area contributed by atoms with Crippen molar-refractivity contribution in [2.45, 2.75) is 25.3 Å². The molecule has 0 saturated carbocycles. The van der Waals surface area contributed by atoms with E-state index in [4.69, 9.17) is 0 Å². The van der Waals surface area contributed by atoms with Gasteiger partial charge in [-0.1, -0.05) is 12.1 Å². The molecule has 1 aromatic carbocycles. The van der Waals surface area contributed by atoms with Crippen LogP contribution in [0.15, 0.2) is 47.5 Å². The number of benzene rings is 1. The van der Waals surface area contributed by atoms with E-state index in [1.807, 2.05) is 41.7 Å². The minimum atomic E-state index is -0.251. The van der Waals surface area contributed by atoms with Gasteiger partial charge in [-0.25, -0.2) is 4.98 Å². The van der Waals surface area contributed by atoms with E-state index >= 15 is 0 Å². The lowest BCUT2D eigenvalue weighted by Crippen LogP contribution is -2.42. The molecule has 2 amide bonds. The third-order valence-corrected chi connectivity index (χ3v) is 6.01. The third-order valence-electron chi connectivity index (χ3n) is 5.34. The molecular weight excluding hydrogens is 396 g/mol. The van der Waals surface area contributed by atoms with Gasteiger partial charge >= 0.3 is 0 Å². The van der Waals surface area contributed by atoms with Crippen molar-refractivity contribution in [3.05, 3.63) is 47.5 Å². The number of piperidine rings is 1. The van der Waals surface area contributed by atoms with E-state index in [1.54, 1.807) is 11.1 Å². The van der Waals surface area contributed by atoms with Gasteiger partial charge in [-0.2, -0.15) is 0 Å². The number of aromatic nitrogens is 2. The maximum Gasteiger partial charge on any atom is 0.228 e. The highest BCUT2D eigenvalue weighted by Crippen LogP contribution is 2.32. The predicted octanol–water partition coefficient (Wildman–Crippen LogP) is 2.86. The predicted molar refractivity (Wildman–Crippen MR) is 102 cm³/mol. The molecule has 0 radical (unpaired) electrons. The number of hydrogen-bond acceptors (Lipinski definition) is 3. The van der Waals surface area contributed by atoms with Gasteiger partial charge < -0.3 is 14.4 Å². The number of likely N-dealkylation sites (tertiary alicyclic amines) is 1. The van der Waals surface area contributed by atoms with Gasteiger partial charge in [-0.05, 0) is 40.9 Å². The minimum Gasteiger partial charge on any atom is -0.342 e. The molecule has 7 heteroatoms. The summed E-state index contributed by atoms with van der Waals surface area (Å²) in [7, 11) is 0. The number of hydrogen-bond donors (Lipinski definition) is 0. The second kappa shape index (κ2) is 7.23. The molecular formula is C19H21BrN4O2. The third kappa shape index (κ3) is 3.28. The summed E-state index contributed by atoms with van der Waals surface area (Å²) in [5.74, 6) is -0.125. The van der Waals surface area contributed by atoms with Crippen LogP contribution >= 0.6 is 15.9 Å². The molecule has 2 fully saturated rings. The maximum atomic E-state index is 12.9. The van der Waals surface area contributed by atoms with E-state index in [1.165, 1.54) is 0 Å². The number of carbonyl (C=O) groups is 2. The van der Waals surface area contributed by atoms with Crippen molar-refractivity contribution >= 4 is 33.4 Å². The van der Waals surface area contributed by atoms with E-state index < -0.39 is 0 Å². The molecule has 1 aromatic heterocycles. The van der Waals surface area contributed by atoms with Gasteiger partial charge in [0.15, 0.2) is 0 Å². The van der Waals surface area contributed by atoms with Crippen molar-refractivity contribution in [3.8, 4) is 0 Å². The van der Waals surface area contributed by atoms with Crippen LogP contribution in [0.3, 0.4) is 0 Å². The van der Waals surface area contributed by atoms with Crippen LogP contribution in [0.2, 0.25) is 0 Å². The highest BCUT2D eigenvalue weighted by atomic mass is 79.9. The fraction of sp³-hybridized carbons (Fsp3) is 0.421. The minimum absolute atomic E-state index is 0.0172. The van der Waals surface area contributed by atoms with Gasteiger partial charge in [0, 0.05) is 49.0 Å². The summed E-state index contributed by atoms with van der Waals surface area (Å²) in [5.41, 5.74) is 0.839. The van der Waals surface area contributed by atoms with Gasteiger partial charge in [0.2, 0.25) is 11.8 Å². The first-order chi connectivity index (χ1) is 12.6. The number of rotatable bonds is 3. The smallest absolute Gasteiger partial charge is 0.228 e. The van der Waals surface area contributed by atoms with E-state index in [-0.39, 0.29) is 17.7 Å². The topological polar surface area (TPSA) is 58.4 Å². The van der Waals surface area contributed by atoms with Crippen LogP contribution in [0.5, 0.6) is 0 Å². The fourth-order valence-corrected chi connectivity index (χ4v) is 4.40. The Labute approximate surface area is 160 Å². The SMILES string of the molecule is O=C([C@H]1CC(=O)N(c2ccccc2Br)C1)N1CCC(n2ccnc2)CC1. The highest BCUT2D eigenvalue weighted by Gasteiger charge is 2.38. The molecule has 0 bridgehead atoms. The first-order valence-corrected chi connectivity index (χ1v) is 9.74. The summed E-state index contributed by atoms with van der Waals surface area (Å²) in [6.45, 7) is 1.94. The van der Waals surface area contributed by atoms with E-state index in [9.17, 15) is 9.59 Å². The normalized spacial score (nSPS) is 21.4. The summed E-state index contributed by atoms with van der Waals surface area (Å²) in [5, 5.41) is 0. The Morgan fingerprint density at radius 1 is 1.19 bits per heavy atom. The van der Waals surface area contributed by atoms with Gasteiger partial charge in [0.05, 0.1) is 17.9 Å². The molecule has 0 N–H and O–H groups in total. The van der Waals surface area contributed by atoms with Crippen LogP contribution < -0.4 is 4.90 Å². The summed E-state index contributed by atoms with van der Waals surface area (Å²) in [4.78, 5) is 33.1. The number of nitrogens with zero attached hydrogens (tertiary/aromatic N) is 4. The monoisotopic (exact) mass is 416 g/mol. The zero-order valence-corrected chi connectivity index (χ0v) is 16.0. The summed E-state index contributed by atoms with van der Waals surface area (Å²) in [6.07, 6.45) is 7.76. The van der Waals surface area contributed by atoms with Gasteiger partial charge in [0.1, 0.15) is 0 Å². The van der Waals surface area contributed by atoms with Crippen LogP contribution in [-0.2, 0) is 9.59 Å². The average molecular weight is 417 g/mol. The second-order valence-corrected chi connectivity index (χ2v) is 7.78. The van der Waals surface area contributed by atoms with E-state index in [2.05, 4.69) is 25.5 Å². The number of anilines is 1. The van der Waals surface area contributed by atoms with Crippen LogP contribution in [0.4, 0.5) is 5.69 Å². The van der Waals surface area contributed by atoms with Crippen molar-refractivity contribution in [1.29, 1.82) is 0 Å². The Hall–Kier alpha value is -2.15. The molecule has 26 heavy (non-hydrogen) atoms. The Balaban J connectivity index is 1.39. The van der Waals surface area contributed by atoms with Gasteiger partial charge in [0.25, 0.3) is 0 Å². The number of carbonyl (C=O) groups excluding carboxylic acids is 2. The Morgan fingerprint density at radius 2 is 1.96 bits per heavy atom. The molecule has 6 nitrogen and oxygen atoms in total. The molecule has 2 aromatic rings. The fourth-order valence-electron chi connectivity index (χ4n) is 3.90. The molecule has 1 atom stereocenters. The first-order valence-electron chi connectivity index (χ1n) is 8.94. The largest absolute Gasteiger partial charge is 0.342 e. The Morgan fingerprint density at radius 3 is 2.65 bits per heavy atom. The van der Waals surface area contributed by atoms with Crippen molar-refractivity contribution in [2.75, 3.05) is 24.5 Å². The van der Waals surface area contributed by atoms with Gasteiger partial charge in [-0.15, -0.1) is 0 Å². The molecule has 2 aliphatic rings. The summed E-state index contributed by atoms with van der Waals surface area (Å²) in [6, 6.07) is 8.05. The van der Waals surface area contributed by atoms with E-state index in [0.29, 0.717) is 19.0 Å². The zero-order valence-electron chi connectivity index (χ0n) is 14.4. The summed E-state index contributed by atoms with van der Waals surface area (Å²) >= 11 is 3.50. The quantitative estimate of drug-likeness (QED) is 0.772. The van der Waals surface area contributed by atoms with Crippen molar-refractivity contribution < 1.29 is 9.59 Å². The second-order valence-electron chi connectivity index (χ2n) is 6.92. The van der Waals surface area contributed by atoms with Crippen LogP contribution in [0.25, 0.3) is 0 Å². The van der Waals surface area contributed by atoms with Crippen LogP contribution in [0.1, 0.15) is 25.3 Å². The number of amides is 2. The number of imidazole rings is 1. The molecule has 136 valence electrons. The number of para-hydroxylation sites is 1. The van der Waals surface area contributed by atoms with Crippen molar-refractivity contribution in [2.24, 2.45) is 5.92 Å². The van der Waals surface area contributed by atoms with Crippen LogP contribution in [0, 0.1) is 5.92 Å². The summed E-state index contributed by atoms with van der Waals surface area (Å²) < 4.78 is 3.00. The first kappa shape index (κ1) is 17.3. The molecule has 2 aliphatic heterocycles. The highest BCUT2D eigenvalue weighted by molar-refractivity contribution is 9.10. The maximum absolute atomic E-state index is 12.9. The zero-order chi connectivity index (χ0) is 18.1. The van der Waals surface area contributed by atoms with Crippen LogP contribution in [-0.4, -0.2) is 45.9 Å². The number of halogens is 1. The van der Waals surface area contributed by atoms with Crippen molar-refractivity contribution in [3.63, 3.8) is 0 Å². The van der Waals surface area contributed by atoms with Crippen molar-refractivity contribution in [1.82, 2.24) is 14.5 Å².